The highest BCUT2D eigenvalue weighted by Gasteiger charge is 2.31. The number of carboxylic acid groups (broad SMARTS) is 1. The number of carboxylic acids is 1. The average molecular weight is 300 g/mol. The third-order valence-corrected chi connectivity index (χ3v) is 3.74. The largest absolute Gasteiger partial charge is 0.496 e. The van der Waals surface area contributed by atoms with Crippen LogP contribution in [0.2, 0.25) is 0 Å². The summed E-state index contributed by atoms with van der Waals surface area (Å²) < 4.78 is 6.02. The molecule has 0 saturated carbocycles. The molecule has 0 bridgehead atoms. The molecule has 1 atom stereocenters. The van der Waals surface area contributed by atoms with E-state index < -0.39 is 12.0 Å². The molecule has 5 heteroatoms. The van der Waals surface area contributed by atoms with Crippen LogP contribution in [0.1, 0.15) is 17.2 Å². The average Bonchev–Trinajstić information content (AvgIpc) is 2.27. The Morgan fingerprint density at radius 1 is 1.59 bits per heavy atom. The Labute approximate surface area is 108 Å². The van der Waals surface area contributed by atoms with Crippen molar-refractivity contribution in [3.8, 4) is 5.75 Å². The van der Waals surface area contributed by atoms with Crippen LogP contribution >= 0.6 is 15.9 Å². The lowest BCUT2D eigenvalue weighted by molar-refractivity contribution is -0.143. The molecule has 0 radical (unpaired) electrons. The van der Waals surface area contributed by atoms with Crippen LogP contribution in [-0.4, -0.2) is 36.7 Å². The molecule has 0 aliphatic carbocycles. The number of fused-ring (bicyclic) bond motifs is 1. The van der Waals surface area contributed by atoms with Crippen molar-refractivity contribution in [1.29, 1.82) is 0 Å². The molecule has 0 spiro atoms. The lowest BCUT2D eigenvalue weighted by Gasteiger charge is -2.32. The molecule has 0 saturated heterocycles. The molecule has 4 nitrogen and oxygen atoms in total. The monoisotopic (exact) mass is 299 g/mol. The number of benzene rings is 1. The molecule has 0 fully saturated rings. The fraction of sp³-hybridized carbons (Fsp3) is 0.417. The van der Waals surface area contributed by atoms with Crippen LogP contribution in [0.15, 0.2) is 16.6 Å². The second-order valence-electron chi connectivity index (χ2n) is 4.16. The van der Waals surface area contributed by atoms with Crippen LogP contribution in [0.4, 0.5) is 0 Å². The van der Waals surface area contributed by atoms with Crippen LogP contribution in [0.3, 0.4) is 0 Å². The maximum absolute atomic E-state index is 11.3. The van der Waals surface area contributed by atoms with E-state index >= 15 is 0 Å². The summed E-state index contributed by atoms with van der Waals surface area (Å²) in [6.07, 6.45) is 0.846. The molecule has 2 rings (SSSR count). The van der Waals surface area contributed by atoms with E-state index in [0.29, 0.717) is 0 Å². The molecule has 1 aliphatic rings. The summed E-state index contributed by atoms with van der Waals surface area (Å²) in [5.41, 5.74) is 1.90. The van der Waals surface area contributed by atoms with Gasteiger partial charge < -0.3 is 9.84 Å². The van der Waals surface area contributed by atoms with Crippen molar-refractivity contribution >= 4 is 21.9 Å². The van der Waals surface area contributed by atoms with E-state index in [1.807, 2.05) is 24.1 Å². The standard InChI is InChI=1S/C12H14BrNO3/c1-14-4-3-7-5-10(17-2)9(13)6-8(7)11(14)12(15)16/h5-6,11H,3-4H2,1-2H3,(H,15,16). The third-order valence-electron chi connectivity index (χ3n) is 3.12. The molecule has 17 heavy (non-hydrogen) atoms. The van der Waals surface area contributed by atoms with Gasteiger partial charge in [-0.15, -0.1) is 0 Å². The summed E-state index contributed by atoms with van der Waals surface area (Å²) in [6.45, 7) is 0.745. The van der Waals surface area contributed by atoms with Gasteiger partial charge in [0.05, 0.1) is 11.6 Å². The van der Waals surface area contributed by atoms with Crippen LogP contribution in [-0.2, 0) is 11.2 Å². The van der Waals surface area contributed by atoms with Gasteiger partial charge in [-0.1, -0.05) is 0 Å². The first kappa shape index (κ1) is 12.4. The van der Waals surface area contributed by atoms with Gasteiger partial charge in [-0.25, -0.2) is 0 Å². The normalized spacial score (nSPS) is 19.8. The van der Waals surface area contributed by atoms with Crippen molar-refractivity contribution in [2.24, 2.45) is 0 Å². The summed E-state index contributed by atoms with van der Waals surface area (Å²) >= 11 is 3.40. The number of hydrogen-bond acceptors (Lipinski definition) is 3. The molecular weight excluding hydrogens is 286 g/mol. The van der Waals surface area contributed by atoms with Crippen LogP contribution in [0.25, 0.3) is 0 Å². The van der Waals surface area contributed by atoms with Crippen molar-refractivity contribution in [3.05, 3.63) is 27.7 Å². The minimum absolute atomic E-state index is 0.569. The van der Waals surface area contributed by atoms with Crippen LogP contribution < -0.4 is 4.74 Å². The number of nitrogens with zero attached hydrogens (tertiary/aromatic N) is 1. The zero-order valence-corrected chi connectivity index (χ0v) is 11.3. The Hall–Kier alpha value is -1.07. The molecule has 1 aliphatic heterocycles. The zero-order valence-electron chi connectivity index (χ0n) is 9.74. The summed E-state index contributed by atoms with van der Waals surface area (Å²) in [6, 6.07) is 3.20. The summed E-state index contributed by atoms with van der Waals surface area (Å²) in [5.74, 6) is -0.0667. The molecule has 0 amide bonds. The van der Waals surface area contributed by atoms with Gasteiger partial charge in [0, 0.05) is 6.54 Å². The topological polar surface area (TPSA) is 49.8 Å². The molecule has 1 heterocycles. The molecule has 1 unspecified atom stereocenters. The lowest BCUT2D eigenvalue weighted by Crippen LogP contribution is -2.36. The Bertz CT molecular complexity index is 461. The second-order valence-corrected chi connectivity index (χ2v) is 5.01. The molecule has 92 valence electrons. The van der Waals surface area contributed by atoms with E-state index in [1.54, 1.807) is 7.11 Å². The SMILES string of the molecule is COc1cc2c(cc1Br)C(C(=O)O)N(C)CC2. The number of ether oxygens (including phenoxy) is 1. The van der Waals surface area contributed by atoms with Gasteiger partial charge in [-0.3, -0.25) is 9.69 Å². The van der Waals surface area contributed by atoms with Crippen molar-refractivity contribution < 1.29 is 14.6 Å². The van der Waals surface area contributed by atoms with E-state index in [4.69, 9.17) is 4.74 Å². The number of halogens is 1. The van der Waals surface area contributed by atoms with E-state index in [1.165, 1.54) is 0 Å². The molecule has 0 aromatic heterocycles. The number of hydrogen-bond donors (Lipinski definition) is 1. The minimum atomic E-state index is -0.814. The summed E-state index contributed by atoms with van der Waals surface area (Å²) in [5, 5.41) is 9.28. The second kappa shape index (κ2) is 4.66. The number of rotatable bonds is 2. The van der Waals surface area contributed by atoms with Crippen molar-refractivity contribution in [3.63, 3.8) is 0 Å². The van der Waals surface area contributed by atoms with Crippen LogP contribution in [0.5, 0.6) is 5.75 Å². The van der Waals surface area contributed by atoms with E-state index in [-0.39, 0.29) is 0 Å². The zero-order chi connectivity index (χ0) is 12.6. The Morgan fingerprint density at radius 2 is 2.29 bits per heavy atom. The number of likely N-dealkylation sites (N-methyl/N-ethyl adjacent to an activating group) is 1. The highest BCUT2D eigenvalue weighted by molar-refractivity contribution is 9.10. The van der Waals surface area contributed by atoms with Crippen LogP contribution in [0, 0.1) is 0 Å². The predicted molar refractivity (Wildman–Crippen MR) is 67.4 cm³/mol. The summed E-state index contributed by atoms with van der Waals surface area (Å²) in [7, 11) is 3.44. The first-order chi connectivity index (χ1) is 8.04. The molecule has 1 aromatic rings. The highest BCUT2D eigenvalue weighted by atomic mass is 79.9. The third kappa shape index (κ3) is 2.17. The van der Waals surface area contributed by atoms with E-state index in [0.717, 1.165) is 34.3 Å². The minimum Gasteiger partial charge on any atom is -0.496 e. The fourth-order valence-electron chi connectivity index (χ4n) is 2.22. The summed E-state index contributed by atoms with van der Waals surface area (Å²) in [4.78, 5) is 13.2. The number of methoxy groups -OCH3 is 1. The van der Waals surface area contributed by atoms with E-state index in [9.17, 15) is 9.90 Å². The van der Waals surface area contributed by atoms with Gasteiger partial charge in [0.15, 0.2) is 0 Å². The highest BCUT2D eigenvalue weighted by Crippen LogP contribution is 2.36. The predicted octanol–water partition coefficient (Wildman–Crippen LogP) is 2.07. The first-order valence-corrected chi connectivity index (χ1v) is 6.13. The quantitative estimate of drug-likeness (QED) is 0.908. The van der Waals surface area contributed by atoms with Gasteiger partial charge in [-0.2, -0.15) is 0 Å². The number of aliphatic carboxylic acids is 1. The van der Waals surface area contributed by atoms with Gasteiger partial charge in [-0.05, 0) is 52.7 Å². The van der Waals surface area contributed by atoms with Crippen molar-refractivity contribution in [1.82, 2.24) is 4.90 Å². The van der Waals surface area contributed by atoms with Gasteiger partial charge in [0.2, 0.25) is 0 Å². The molecule has 1 aromatic carbocycles. The Balaban J connectivity index is 2.53. The Morgan fingerprint density at radius 3 is 2.88 bits per heavy atom. The number of carbonyl (C=O) groups is 1. The smallest absolute Gasteiger partial charge is 0.325 e. The fourth-order valence-corrected chi connectivity index (χ4v) is 2.75. The van der Waals surface area contributed by atoms with Crippen molar-refractivity contribution in [2.75, 3.05) is 20.7 Å². The molecular formula is C12H14BrNO3. The van der Waals surface area contributed by atoms with Gasteiger partial charge in [0.25, 0.3) is 0 Å². The lowest BCUT2D eigenvalue weighted by atomic mass is 9.93. The van der Waals surface area contributed by atoms with Gasteiger partial charge >= 0.3 is 5.97 Å². The maximum atomic E-state index is 11.3. The van der Waals surface area contributed by atoms with Crippen molar-refractivity contribution in [2.45, 2.75) is 12.5 Å². The molecule has 1 N–H and O–H groups in total. The van der Waals surface area contributed by atoms with Gasteiger partial charge in [0.1, 0.15) is 11.8 Å². The Kier molecular flexibility index (Phi) is 3.40. The van der Waals surface area contributed by atoms with E-state index in [2.05, 4.69) is 15.9 Å². The maximum Gasteiger partial charge on any atom is 0.325 e. The first-order valence-electron chi connectivity index (χ1n) is 5.34.